The number of nitrogens with one attached hydrogen (secondary N) is 3. The average Bonchev–Trinajstić information content (AvgIpc) is 3.53. The summed E-state index contributed by atoms with van der Waals surface area (Å²) in [5.74, 6) is -1.62. The third-order valence-electron chi connectivity index (χ3n) is 9.61. The Kier molecular flexibility index (Phi) is 8.88. The van der Waals surface area contributed by atoms with Gasteiger partial charge in [0.1, 0.15) is 5.82 Å². The number of anilines is 1. The minimum atomic E-state index is -3.57. The van der Waals surface area contributed by atoms with Crippen LogP contribution in [0.5, 0.6) is 0 Å². The maximum Gasteiger partial charge on any atom is 0.315 e. The van der Waals surface area contributed by atoms with Gasteiger partial charge in [-0.15, -0.1) is 0 Å². The minimum absolute atomic E-state index is 0.0241. The van der Waals surface area contributed by atoms with Gasteiger partial charge < -0.3 is 35.9 Å². The number of hydrogen-bond acceptors (Lipinski definition) is 7. The zero-order chi connectivity index (χ0) is 31.9. The normalized spacial score (nSPS) is 24.0. The van der Waals surface area contributed by atoms with Crippen molar-refractivity contribution < 1.29 is 27.1 Å². The highest BCUT2D eigenvalue weighted by atomic mass is 32.2. The average molecular weight is 645 g/mol. The Morgan fingerprint density at radius 1 is 1.04 bits per heavy atom. The van der Waals surface area contributed by atoms with Crippen molar-refractivity contribution in [3.63, 3.8) is 0 Å². The SMILES string of the molecule is CC1(C)Cc2c(c3c(n2-c2cc(F)c(C(N)=O)c(NC4CCC(NC(=O)NCCN5CCCCC5)CC4)c2)COC3)S(=O)(=O)C1. The molecular formula is C32H45FN6O5S. The third kappa shape index (κ3) is 6.71. The molecule has 2 aromatic rings. The lowest BCUT2D eigenvalue weighted by molar-refractivity contribution is 0.0997. The number of sulfone groups is 1. The molecule has 4 heterocycles. The first-order chi connectivity index (χ1) is 21.4. The fourth-order valence-electron chi connectivity index (χ4n) is 7.62. The van der Waals surface area contributed by atoms with Gasteiger partial charge in [-0.3, -0.25) is 4.79 Å². The van der Waals surface area contributed by atoms with E-state index in [-0.39, 0.29) is 48.3 Å². The number of rotatable bonds is 8. The summed E-state index contributed by atoms with van der Waals surface area (Å²) in [6, 6.07) is 2.74. The van der Waals surface area contributed by atoms with Crippen LogP contribution in [0.3, 0.4) is 0 Å². The predicted octanol–water partition coefficient (Wildman–Crippen LogP) is 3.61. The number of primary amides is 1. The maximum atomic E-state index is 15.7. The van der Waals surface area contributed by atoms with Gasteiger partial charge in [0.25, 0.3) is 5.91 Å². The van der Waals surface area contributed by atoms with Gasteiger partial charge >= 0.3 is 6.03 Å². The first-order valence-corrected chi connectivity index (χ1v) is 17.8. The molecule has 0 bridgehead atoms. The molecule has 3 aliphatic heterocycles. The van der Waals surface area contributed by atoms with Crippen molar-refractivity contribution in [3.05, 3.63) is 40.5 Å². The number of likely N-dealkylation sites (tertiary alicyclic amines) is 1. The van der Waals surface area contributed by atoms with Gasteiger partial charge in [0.05, 0.1) is 46.5 Å². The van der Waals surface area contributed by atoms with Crippen LogP contribution in [0.25, 0.3) is 5.69 Å². The highest BCUT2D eigenvalue weighted by Crippen LogP contribution is 2.44. The summed E-state index contributed by atoms with van der Waals surface area (Å²) < 4.78 is 49.9. The molecule has 5 N–H and O–H groups in total. The lowest BCUT2D eigenvalue weighted by atomic mass is 9.89. The molecule has 6 rings (SSSR count). The Morgan fingerprint density at radius 2 is 1.76 bits per heavy atom. The number of carbonyl (C=O) groups is 2. The van der Waals surface area contributed by atoms with Gasteiger partial charge in [-0.25, -0.2) is 17.6 Å². The van der Waals surface area contributed by atoms with Crippen molar-refractivity contribution in [2.45, 2.75) is 95.4 Å². The van der Waals surface area contributed by atoms with Gasteiger partial charge in [0.2, 0.25) is 0 Å². The molecule has 1 aliphatic carbocycles. The Balaban J connectivity index is 1.17. The lowest BCUT2D eigenvalue weighted by Gasteiger charge is -2.32. The Hall–Kier alpha value is -3.16. The standard InChI is InChI=1S/C32H45FN6O5S/c1-32(2)16-26-29(45(42,43)19-32)23-17-44-18-27(23)39(26)22-14-24(33)28(30(34)40)25(15-22)36-20-6-8-21(9-7-20)37-31(41)35-10-13-38-11-4-3-5-12-38/h14-15,20-21,36H,3-13,16-19H2,1-2H3,(H2,34,40)(H2,35,37,41). The molecule has 1 saturated carbocycles. The maximum absolute atomic E-state index is 15.7. The summed E-state index contributed by atoms with van der Waals surface area (Å²) in [7, 11) is -3.57. The monoisotopic (exact) mass is 644 g/mol. The highest BCUT2D eigenvalue weighted by Gasteiger charge is 2.43. The number of piperidine rings is 1. The van der Waals surface area contributed by atoms with Crippen molar-refractivity contribution in [1.29, 1.82) is 0 Å². The second-order valence-electron chi connectivity index (χ2n) is 13.8. The molecule has 1 aromatic heterocycles. The quantitative estimate of drug-likeness (QED) is 0.343. The van der Waals surface area contributed by atoms with E-state index in [1.165, 1.54) is 25.3 Å². The number of ether oxygens (including phenoxy) is 1. The molecule has 4 aliphatic rings. The molecular weight excluding hydrogens is 599 g/mol. The highest BCUT2D eigenvalue weighted by molar-refractivity contribution is 7.91. The molecule has 0 radical (unpaired) electrons. The zero-order valence-corrected chi connectivity index (χ0v) is 27.0. The summed E-state index contributed by atoms with van der Waals surface area (Å²) in [4.78, 5) is 27.6. The number of nitrogens with zero attached hydrogens (tertiary/aromatic N) is 2. The molecule has 2 fully saturated rings. The molecule has 0 unspecified atom stereocenters. The molecule has 13 heteroatoms. The first kappa shape index (κ1) is 31.8. The number of benzene rings is 1. The van der Waals surface area contributed by atoms with E-state index in [2.05, 4.69) is 20.9 Å². The van der Waals surface area contributed by atoms with E-state index in [1.807, 2.05) is 13.8 Å². The molecule has 45 heavy (non-hydrogen) atoms. The number of nitrogens with two attached hydrogens (primary N) is 1. The number of carbonyl (C=O) groups excluding carboxylic acids is 2. The summed E-state index contributed by atoms with van der Waals surface area (Å²) in [5, 5.41) is 9.41. The smallest absolute Gasteiger partial charge is 0.315 e. The summed E-state index contributed by atoms with van der Waals surface area (Å²) in [6.45, 7) is 7.89. The van der Waals surface area contributed by atoms with Crippen LogP contribution in [0.2, 0.25) is 0 Å². The number of amides is 3. The predicted molar refractivity (Wildman–Crippen MR) is 169 cm³/mol. The van der Waals surface area contributed by atoms with E-state index < -0.39 is 27.0 Å². The van der Waals surface area contributed by atoms with Crippen LogP contribution in [0.4, 0.5) is 14.9 Å². The van der Waals surface area contributed by atoms with Crippen molar-refractivity contribution in [3.8, 4) is 5.69 Å². The number of fused-ring (bicyclic) bond motifs is 3. The van der Waals surface area contributed by atoms with E-state index in [0.717, 1.165) is 32.5 Å². The van der Waals surface area contributed by atoms with Crippen LogP contribution in [0.15, 0.2) is 17.0 Å². The van der Waals surface area contributed by atoms with Crippen molar-refractivity contribution in [1.82, 2.24) is 20.1 Å². The summed E-state index contributed by atoms with van der Waals surface area (Å²) in [5.41, 5.74) is 7.57. The number of aromatic nitrogens is 1. The summed E-state index contributed by atoms with van der Waals surface area (Å²) in [6.07, 6.45) is 7.09. The van der Waals surface area contributed by atoms with Crippen LogP contribution >= 0.6 is 0 Å². The van der Waals surface area contributed by atoms with Crippen LogP contribution in [-0.4, -0.2) is 73.8 Å². The number of halogens is 1. The minimum Gasteiger partial charge on any atom is -0.382 e. The van der Waals surface area contributed by atoms with Gasteiger partial charge in [-0.05, 0) is 75.6 Å². The molecule has 0 atom stereocenters. The second-order valence-corrected chi connectivity index (χ2v) is 15.8. The van der Waals surface area contributed by atoms with Crippen LogP contribution in [-0.2, 0) is 34.2 Å². The zero-order valence-electron chi connectivity index (χ0n) is 26.2. The fraction of sp³-hybridized carbons (Fsp3) is 0.625. The fourth-order valence-corrected chi connectivity index (χ4v) is 9.97. The molecule has 0 spiro atoms. The van der Waals surface area contributed by atoms with Gasteiger partial charge in [0.15, 0.2) is 9.84 Å². The van der Waals surface area contributed by atoms with Crippen LogP contribution < -0.4 is 21.7 Å². The summed E-state index contributed by atoms with van der Waals surface area (Å²) >= 11 is 0. The molecule has 3 amide bonds. The van der Waals surface area contributed by atoms with E-state index >= 15 is 4.39 Å². The molecule has 11 nitrogen and oxygen atoms in total. The van der Waals surface area contributed by atoms with Gasteiger partial charge in [-0.1, -0.05) is 20.3 Å². The third-order valence-corrected chi connectivity index (χ3v) is 11.9. The van der Waals surface area contributed by atoms with E-state index in [4.69, 9.17) is 10.5 Å². The van der Waals surface area contributed by atoms with Crippen LogP contribution in [0.1, 0.15) is 86.1 Å². The Morgan fingerprint density at radius 3 is 2.47 bits per heavy atom. The Bertz CT molecular complexity index is 1570. The second kappa shape index (κ2) is 12.6. The number of urea groups is 1. The number of hydrogen-bond donors (Lipinski definition) is 4. The molecule has 1 aromatic carbocycles. The van der Waals surface area contributed by atoms with Crippen molar-refractivity contribution >= 4 is 27.5 Å². The van der Waals surface area contributed by atoms with Gasteiger partial charge in [-0.2, -0.15) is 0 Å². The Labute approximate surface area is 264 Å². The van der Waals surface area contributed by atoms with Gasteiger partial charge in [0, 0.05) is 36.4 Å². The largest absolute Gasteiger partial charge is 0.382 e. The molecule has 246 valence electrons. The molecule has 1 saturated heterocycles. The van der Waals surface area contributed by atoms with Crippen molar-refractivity contribution in [2.75, 3.05) is 37.2 Å². The van der Waals surface area contributed by atoms with Crippen molar-refractivity contribution in [2.24, 2.45) is 11.1 Å². The first-order valence-electron chi connectivity index (χ1n) is 16.1. The van der Waals surface area contributed by atoms with E-state index in [9.17, 15) is 18.0 Å². The van der Waals surface area contributed by atoms with E-state index in [1.54, 1.807) is 10.6 Å². The van der Waals surface area contributed by atoms with E-state index in [0.29, 0.717) is 53.3 Å². The lowest BCUT2D eigenvalue weighted by Crippen LogP contribution is -2.47. The topological polar surface area (TPSA) is 148 Å². The van der Waals surface area contributed by atoms with Crippen LogP contribution in [0, 0.1) is 11.2 Å².